The molecule has 1 fully saturated rings. The Morgan fingerprint density at radius 3 is 2.75 bits per heavy atom. The number of carbonyl (C=O) groups excluding carboxylic acids is 1. The maximum absolute atomic E-state index is 12.6. The Hall–Kier alpha value is -1.04. The van der Waals surface area contributed by atoms with Crippen molar-refractivity contribution in [3.05, 3.63) is 23.0 Å². The third kappa shape index (κ3) is 3.16. The van der Waals surface area contributed by atoms with Crippen molar-refractivity contribution in [3.8, 4) is 0 Å². The molecule has 1 saturated heterocycles. The van der Waals surface area contributed by atoms with Crippen molar-refractivity contribution >= 4 is 18.3 Å². The number of aryl methyl sites for hydroxylation is 1. The molecule has 2 rings (SSSR count). The molecular weight excluding hydrogens is 278 g/mol. The van der Waals surface area contributed by atoms with Crippen LogP contribution in [-0.4, -0.2) is 47.7 Å². The van der Waals surface area contributed by atoms with E-state index in [-0.39, 0.29) is 24.4 Å². The average Bonchev–Trinajstić information content (AvgIpc) is 2.72. The Morgan fingerprint density at radius 2 is 2.20 bits per heavy atom. The van der Waals surface area contributed by atoms with Crippen molar-refractivity contribution in [2.24, 2.45) is 5.73 Å². The topological polar surface area (TPSA) is 60.5 Å². The first-order valence-electron chi connectivity index (χ1n) is 6.86. The maximum atomic E-state index is 12.6. The Morgan fingerprint density at radius 1 is 1.50 bits per heavy atom. The van der Waals surface area contributed by atoms with E-state index in [9.17, 15) is 4.79 Å². The molecule has 0 saturated carbocycles. The SMILES string of the molecule is CCn1c(C)cc(C(=O)N2CCOC(CN)C2)c1C.Cl. The molecule has 1 atom stereocenters. The van der Waals surface area contributed by atoms with Crippen LogP contribution in [0.1, 0.15) is 28.7 Å². The fourth-order valence-corrected chi connectivity index (χ4v) is 2.72. The predicted molar refractivity (Wildman–Crippen MR) is 81.5 cm³/mol. The minimum absolute atomic E-state index is 0. The summed E-state index contributed by atoms with van der Waals surface area (Å²) in [4.78, 5) is 14.4. The van der Waals surface area contributed by atoms with Crippen LogP contribution in [0.3, 0.4) is 0 Å². The molecule has 1 aromatic rings. The Balaban J connectivity index is 0.00000200. The standard InChI is InChI=1S/C14H23N3O2.ClH/c1-4-17-10(2)7-13(11(17)3)14(18)16-5-6-19-12(8-15)9-16;/h7,12H,4-6,8-9,15H2,1-3H3;1H. The van der Waals surface area contributed by atoms with Gasteiger partial charge in [-0.3, -0.25) is 4.79 Å². The lowest BCUT2D eigenvalue weighted by molar-refractivity contribution is -0.0167. The number of carbonyl (C=O) groups is 1. The zero-order chi connectivity index (χ0) is 14.0. The largest absolute Gasteiger partial charge is 0.373 e. The highest BCUT2D eigenvalue weighted by Gasteiger charge is 2.26. The summed E-state index contributed by atoms with van der Waals surface area (Å²) in [6.07, 6.45) is -0.0348. The molecule has 20 heavy (non-hydrogen) atoms. The molecule has 1 aliphatic rings. The maximum Gasteiger partial charge on any atom is 0.255 e. The first-order valence-corrected chi connectivity index (χ1v) is 6.86. The van der Waals surface area contributed by atoms with E-state index in [2.05, 4.69) is 11.5 Å². The van der Waals surface area contributed by atoms with Crippen molar-refractivity contribution in [1.29, 1.82) is 0 Å². The van der Waals surface area contributed by atoms with Gasteiger partial charge in [-0.15, -0.1) is 12.4 Å². The van der Waals surface area contributed by atoms with E-state index < -0.39 is 0 Å². The first-order chi connectivity index (χ1) is 9.08. The van der Waals surface area contributed by atoms with Gasteiger partial charge in [0.15, 0.2) is 0 Å². The summed E-state index contributed by atoms with van der Waals surface area (Å²) >= 11 is 0. The highest BCUT2D eigenvalue weighted by atomic mass is 35.5. The fraction of sp³-hybridized carbons (Fsp3) is 0.643. The summed E-state index contributed by atoms with van der Waals surface area (Å²) in [6, 6.07) is 1.98. The summed E-state index contributed by atoms with van der Waals surface area (Å²) in [5, 5.41) is 0. The number of aromatic nitrogens is 1. The van der Waals surface area contributed by atoms with Gasteiger partial charge in [0.1, 0.15) is 0 Å². The Kier molecular flexibility index (Phi) is 6.05. The molecule has 2 heterocycles. The highest BCUT2D eigenvalue weighted by molar-refractivity contribution is 5.95. The molecule has 0 aliphatic carbocycles. The van der Waals surface area contributed by atoms with E-state index in [1.807, 2.05) is 24.8 Å². The highest BCUT2D eigenvalue weighted by Crippen LogP contribution is 2.18. The third-order valence-electron chi connectivity index (χ3n) is 3.81. The number of ether oxygens (including phenoxy) is 1. The molecule has 0 radical (unpaired) electrons. The number of hydrogen-bond acceptors (Lipinski definition) is 3. The second-order valence-corrected chi connectivity index (χ2v) is 5.01. The molecular formula is C14H24ClN3O2. The summed E-state index contributed by atoms with van der Waals surface area (Å²) in [5.74, 6) is 0.0922. The van der Waals surface area contributed by atoms with Gasteiger partial charge >= 0.3 is 0 Å². The molecule has 0 bridgehead atoms. The van der Waals surface area contributed by atoms with E-state index in [0.717, 1.165) is 23.5 Å². The number of nitrogens with zero attached hydrogens (tertiary/aromatic N) is 2. The van der Waals surface area contributed by atoms with E-state index in [4.69, 9.17) is 10.5 Å². The van der Waals surface area contributed by atoms with Crippen molar-refractivity contribution in [2.75, 3.05) is 26.2 Å². The lowest BCUT2D eigenvalue weighted by Gasteiger charge is -2.32. The number of morpholine rings is 1. The van der Waals surface area contributed by atoms with Gasteiger partial charge in [-0.25, -0.2) is 0 Å². The van der Waals surface area contributed by atoms with Gasteiger partial charge in [-0.05, 0) is 26.8 Å². The smallest absolute Gasteiger partial charge is 0.255 e. The minimum Gasteiger partial charge on any atom is -0.373 e. The lowest BCUT2D eigenvalue weighted by Crippen LogP contribution is -2.48. The molecule has 1 amide bonds. The number of halogens is 1. The number of amides is 1. The minimum atomic E-state index is -0.0348. The van der Waals surface area contributed by atoms with Crippen LogP contribution in [0.25, 0.3) is 0 Å². The number of hydrogen-bond donors (Lipinski definition) is 1. The van der Waals surface area contributed by atoms with Crippen molar-refractivity contribution in [1.82, 2.24) is 9.47 Å². The van der Waals surface area contributed by atoms with Gasteiger partial charge in [0.2, 0.25) is 0 Å². The number of rotatable bonds is 3. The molecule has 1 unspecified atom stereocenters. The quantitative estimate of drug-likeness (QED) is 0.917. The van der Waals surface area contributed by atoms with Crippen LogP contribution in [0, 0.1) is 13.8 Å². The van der Waals surface area contributed by atoms with Gasteiger partial charge in [-0.1, -0.05) is 0 Å². The molecule has 1 aromatic heterocycles. The monoisotopic (exact) mass is 301 g/mol. The lowest BCUT2D eigenvalue weighted by atomic mass is 10.2. The first kappa shape index (κ1) is 17.0. The third-order valence-corrected chi connectivity index (χ3v) is 3.81. The average molecular weight is 302 g/mol. The van der Waals surface area contributed by atoms with Gasteiger partial charge in [-0.2, -0.15) is 0 Å². The van der Waals surface area contributed by atoms with Crippen LogP contribution >= 0.6 is 12.4 Å². The van der Waals surface area contributed by atoms with Crippen LogP contribution in [-0.2, 0) is 11.3 Å². The Bertz CT molecular complexity index is 473. The van der Waals surface area contributed by atoms with Crippen molar-refractivity contribution in [2.45, 2.75) is 33.4 Å². The van der Waals surface area contributed by atoms with Gasteiger partial charge in [0.25, 0.3) is 5.91 Å². The van der Waals surface area contributed by atoms with E-state index in [1.54, 1.807) is 0 Å². The summed E-state index contributed by atoms with van der Waals surface area (Å²) < 4.78 is 7.66. The molecule has 6 heteroatoms. The van der Waals surface area contributed by atoms with E-state index in [1.165, 1.54) is 0 Å². The van der Waals surface area contributed by atoms with E-state index >= 15 is 0 Å². The number of nitrogens with two attached hydrogens (primary N) is 1. The normalized spacial score (nSPS) is 18.8. The van der Waals surface area contributed by atoms with Gasteiger partial charge < -0.3 is 19.9 Å². The zero-order valence-corrected chi connectivity index (χ0v) is 13.2. The summed E-state index contributed by atoms with van der Waals surface area (Å²) in [6.45, 7) is 9.28. The summed E-state index contributed by atoms with van der Waals surface area (Å²) in [5.41, 5.74) is 8.59. The molecule has 5 nitrogen and oxygen atoms in total. The van der Waals surface area contributed by atoms with Crippen LogP contribution in [0.15, 0.2) is 6.07 Å². The summed E-state index contributed by atoms with van der Waals surface area (Å²) in [7, 11) is 0. The van der Waals surface area contributed by atoms with Crippen molar-refractivity contribution in [3.63, 3.8) is 0 Å². The van der Waals surface area contributed by atoms with Crippen LogP contribution in [0.5, 0.6) is 0 Å². The molecule has 0 spiro atoms. The molecule has 0 aromatic carbocycles. The second-order valence-electron chi connectivity index (χ2n) is 5.01. The zero-order valence-electron chi connectivity index (χ0n) is 12.4. The van der Waals surface area contributed by atoms with Crippen LogP contribution < -0.4 is 5.73 Å². The van der Waals surface area contributed by atoms with Gasteiger partial charge in [0, 0.05) is 37.6 Å². The molecule has 2 N–H and O–H groups in total. The molecule has 1 aliphatic heterocycles. The predicted octanol–water partition coefficient (Wildman–Crippen LogP) is 1.35. The van der Waals surface area contributed by atoms with Crippen LogP contribution in [0.2, 0.25) is 0 Å². The molecule has 114 valence electrons. The van der Waals surface area contributed by atoms with Crippen molar-refractivity contribution < 1.29 is 9.53 Å². The van der Waals surface area contributed by atoms with Gasteiger partial charge in [0.05, 0.1) is 18.3 Å². The van der Waals surface area contributed by atoms with Crippen LogP contribution in [0.4, 0.5) is 0 Å². The van der Waals surface area contributed by atoms with E-state index in [0.29, 0.717) is 26.2 Å². The Labute approximate surface area is 126 Å². The fourth-order valence-electron chi connectivity index (χ4n) is 2.72. The second kappa shape index (κ2) is 7.11.